The molecule has 3 heterocycles. The molecule has 11 heteroatoms. The second-order valence-corrected chi connectivity index (χ2v) is 11.3. The molecule has 0 saturated carbocycles. The Balaban J connectivity index is 1.64. The summed E-state index contributed by atoms with van der Waals surface area (Å²) >= 11 is 4.75. The van der Waals surface area contributed by atoms with Gasteiger partial charge in [-0.05, 0) is 71.2 Å². The predicted molar refractivity (Wildman–Crippen MR) is 161 cm³/mol. The number of esters is 1. The van der Waals surface area contributed by atoms with E-state index in [1.165, 1.54) is 28.0 Å². The first-order chi connectivity index (χ1) is 20.2. The van der Waals surface area contributed by atoms with E-state index >= 15 is 0 Å². The van der Waals surface area contributed by atoms with E-state index in [9.17, 15) is 14.4 Å². The van der Waals surface area contributed by atoms with Crippen LogP contribution in [0.2, 0.25) is 0 Å². The highest BCUT2D eigenvalue weighted by Crippen LogP contribution is 2.36. The molecule has 1 aliphatic heterocycles. The summed E-state index contributed by atoms with van der Waals surface area (Å²) in [6.45, 7) is 3.93. The van der Waals surface area contributed by atoms with Crippen molar-refractivity contribution in [1.82, 2.24) is 4.57 Å². The molecular weight excluding hydrogens is 624 g/mol. The summed E-state index contributed by atoms with van der Waals surface area (Å²) in [5.74, 6) is 0.0698. The minimum atomic E-state index is -1.01. The topological polar surface area (TPSA) is 120 Å². The molecule has 2 aromatic carbocycles. The molecule has 2 aromatic heterocycles. The van der Waals surface area contributed by atoms with E-state index in [1.807, 2.05) is 19.1 Å². The first kappa shape index (κ1) is 29.3. The molecule has 1 N–H and O–H groups in total. The Morgan fingerprint density at radius 1 is 1.14 bits per heavy atom. The summed E-state index contributed by atoms with van der Waals surface area (Å²) in [4.78, 5) is 43.7. The van der Waals surface area contributed by atoms with Crippen LogP contribution in [-0.4, -0.2) is 35.3 Å². The average Bonchev–Trinajstić information content (AvgIpc) is 3.57. The number of aromatic nitrogens is 1. The minimum absolute atomic E-state index is 0.176. The van der Waals surface area contributed by atoms with Gasteiger partial charge in [-0.3, -0.25) is 9.36 Å². The number of thiazole rings is 1. The molecule has 0 aliphatic carbocycles. The number of furan rings is 1. The Morgan fingerprint density at radius 3 is 2.55 bits per heavy atom. The molecular formula is C31H27BrN2O7S. The van der Waals surface area contributed by atoms with Gasteiger partial charge in [0.1, 0.15) is 17.3 Å². The average molecular weight is 652 g/mol. The second kappa shape index (κ2) is 12.3. The number of hydrogen-bond donors (Lipinski definition) is 1. The first-order valence-corrected chi connectivity index (χ1v) is 14.9. The molecule has 9 nitrogen and oxygen atoms in total. The van der Waals surface area contributed by atoms with E-state index in [-0.39, 0.29) is 17.7 Å². The zero-order chi connectivity index (χ0) is 30.0. The second-order valence-electron chi connectivity index (χ2n) is 9.39. The smallest absolute Gasteiger partial charge is 0.338 e. The number of nitrogens with zero attached hydrogens (tertiary/aromatic N) is 2. The van der Waals surface area contributed by atoms with Gasteiger partial charge in [0.05, 0.1) is 45.6 Å². The van der Waals surface area contributed by atoms with Crippen molar-refractivity contribution >= 4 is 45.3 Å². The molecule has 42 heavy (non-hydrogen) atoms. The Hall–Kier alpha value is -4.22. The number of carboxylic acid groups (broad SMARTS) is 1. The number of halogens is 1. The van der Waals surface area contributed by atoms with Crippen molar-refractivity contribution in [2.24, 2.45) is 4.99 Å². The van der Waals surface area contributed by atoms with E-state index in [2.05, 4.69) is 15.9 Å². The lowest BCUT2D eigenvalue weighted by atomic mass is 9.94. The molecule has 0 fully saturated rings. The van der Waals surface area contributed by atoms with E-state index < -0.39 is 18.0 Å². The number of carbonyl (C=O) groups is 2. The highest BCUT2D eigenvalue weighted by Gasteiger charge is 2.34. The molecule has 0 saturated heterocycles. The number of carbonyl (C=O) groups excluding carboxylic acids is 1. The van der Waals surface area contributed by atoms with Gasteiger partial charge in [-0.15, -0.1) is 0 Å². The Morgan fingerprint density at radius 2 is 1.90 bits per heavy atom. The van der Waals surface area contributed by atoms with E-state index in [4.69, 9.17) is 24.0 Å². The van der Waals surface area contributed by atoms with Gasteiger partial charge in [-0.25, -0.2) is 14.6 Å². The molecule has 1 atom stereocenters. The summed E-state index contributed by atoms with van der Waals surface area (Å²) in [6.07, 6.45) is 2.93. The third-order valence-electron chi connectivity index (χ3n) is 6.70. The van der Waals surface area contributed by atoms with Crippen molar-refractivity contribution in [1.29, 1.82) is 0 Å². The van der Waals surface area contributed by atoms with Crippen molar-refractivity contribution in [2.45, 2.75) is 32.7 Å². The fourth-order valence-electron chi connectivity index (χ4n) is 4.78. The molecule has 1 unspecified atom stereocenters. The van der Waals surface area contributed by atoms with Crippen LogP contribution in [0.3, 0.4) is 0 Å². The maximum atomic E-state index is 14.0. The highest BCUT2D eigenvalue weighted by molar-refractivity contribution is 9.10. The molecule has 0 spiro atoms. The van der Waals surface area contributed by atoms with Gasteiger partial charge in [0.25, 0.3) is 5.56 Å². The first-order valence-electron chi connectivity index (χ1n) is 13.2. The van der Waals surface area contributed by atoms with Gasteiger partial charge in [0.2, 0.25) is 0 Å². The van der Waals surface area contributed by atoms with Crippen molar-refractivity contribution < 1.29 is 28.6 Å². The van der Waals surface area contributed by atoms with Crippen LogP contribution in [0, 0.1) is 0 Å². The van der Waals surface area contributed by atoms with Crippen LogP contribution in [0.5, 0.6) is 5.75 Å². The summed E-state index contributed by atoms with van der Waals surface area (Å²) < 4.78 is 19.4. The van der Waals surface area contributed by atoms with Gasteiger partial charge >= 0.3 is 11.9 Å². The van der Waals surface area contributed by atoms with Crippen molar-refractivity contribution in [3.8, 4) is 17.1 Å². The molecule has 0 amide bonds. The van der Waals surface area contributed by atoms with Gasteiger partial charge < -0.3 is 19.0 Å². The quantitative estimate of drug-likeness (QED) is 0.244. The lowest BCUT2D eigenvalue weighted by Crippen LogP contribution is -2.40. The fraction of sp³-hybridized carbons (Fsp3) is 0.226. The number of aromatic carboxylic acids is 1. The fourth-order valence-corrected chi connectivity index (χ4v) is 6.34. The van der Waals surface area contributed by atoms with Gasteiger partial charge in [-0.1, -0.05) is 42.9 Å². The predicted octanol–water partition coefficient (Wildman–Crippen LogP) is 5.31. The van der Waals surface area contributed by atoms with Crippen LogP contribution in [0.4, 0.5) is 0 Å². The maximum absolute atomic E-state index is 14.0. The van der Waals surface area contributed by atoms with E-state index in [0.29, 0.717) is 59.9 Å². The Labute approximate surface area is 253 Å². The number of benzene rings is 2. The summed E-state index contributed by atoms with van der Waals surface area (Å²) in [5, 5.41) is 9.16. The lowest BCUT2D eigenvalue weighted by Gasteiger charge is -2.26. The standard InChI is InChI=1S/C31H27BrN2O7S/c1-4-6-22-26(30(38)40-5-2)27(19-11-13-24(39-3)21(32)15-19)34-28(35)25(42-31(34)33-22)16-20-12-14-23(41-20)17-7-9-18(10-8-17)29(36)37/h7-16,27H,4-6H2,1-3H3,(H,36,37)/b25-16-. The van der Waals surface area contributed by atoms with Crippen LogP contribution in [0.1, 0.15) is 54.4 Å². The molecule has 216 valence electrons. The van der Waals surface area contributed by atoms with E-state index in [0.717, 1.165) is 6.42 Å². The Kier molecular flexibility index (Phi) is 8.60. The van der Waals surface area contributed by atoms with Gasteiger partial charge in [0.15, 0.2) is 4.80 Å². The number of ether oxygens (including phenoxy) is 2. The van der Waals surface area contributed by atoms with Gasteiger partial charge in [0, 0.05) is 11.6 Å². The van der Waals surface area contributed by atoms with E-state index in [1.54, 1.807) is 50.4 Å². The largest absolute Gasteiger partial charge is 0.496 e. The monoisotopic (exact) mass is 650 g/mol. The normalized spacial score (nSPS) is 14.9. The third kappa shape index (κ3) is 5.62. The summed E-state index contributed by atoms with van der Waals surface area (Å²) in [5.41, 5.74) is 2.18. The zero-order valence-corrected chi connectivity index (χ0v) is 25.5. The van der Waals surface area contributed by atoms with Crippen LogP contribution in [0.25, 0.3) is 17.4 Å². The number of allylic oxidation sites excluding steroid dienone is 1. The van der Waals surface area contributed by atoms with Crippen molar-refractivity contribution in [3.05, 3.63) is 107 Å². The van der Waals surface area contributed by atoms with Gasteiger partial charge in [-0.2, -0.15) is 0 Å². The highest BCUT2D eigenvalue weighted by atomic mass is 79.9. The van der Waals surface area contributed by atoms with Crippen LogP contribution >= 0.6 is 27.3 Å². The summed E-state index contributed by atoms with van der Waals surface area (Å²) in [7, 11) is 1.57. The number of hydrogen-bond acceptors (Lipinski definition) is 8. The van der Waals surface area contributed by atoms with Crippen molar-refractivity contribution in [2.75, 3.05) is 13.7 Å². The molecule has 1 aliphatic rings. The molecule has 0 radical (unpaired) electrons. The number of carboxylic acids is 1. The number of fused-ring (bicyclic) bond motifs is 1. The van der Waals surface area contributed by atoms with Crippen LogP contribution < -0.4 is 19.6 Å². The zero-order valence-electron chi connectivity index (χ0n) is 23.0. The molecule has 0 bridgehead atoms. The van der Waals surface area contributed by atoms with Crippen LogP contribution in [0.15, 0.2) is 84.5 Å². The number of methoxy groups -OCH3 is 1. The summed E-state index contributed by atoms with van der Waals surface area (Å²) in [6, 6.07) is 14.5. The molecule has 4 aromatic rings. The van der Waals surface area contributed by atoms with Crippen molar-refractivity contribution in [3.63, 3.8) is 0 Å². The third-order valence-corrected chi connectivity index (χ3v) is 8.30. The Bertz CT molecular complexity index is 1880. The lowest BCUT2D eigenvalue weighted by molar-refractivity contribution is -0.139. The number of rotatable bonds is 9. The van der Waals surface area contributed by atoms with Crippen LogP contribution in [-0.2, 0) is 9.53 Å². The minimum Gasteiger partial charge on any atom is -0.496 e. The molecule has 5 rings (SSSR count). The maximum Gasteiger partial charge on any atom is 0.338 e. The SMILES string of the molecule is CCCC1=C(C(=O)OCC)C(c2ccc(OC)c(Br)c2)n2c(s/c(=C\c3ccc(-c4ccc(C(=O)O)cc4)o3)c2=O)=N1.